The van der Waals surface area contributed by atoms with Crippen molar-refractivity contribution in [2.45, 2.75) is 25.5 Å². The molecule has 2 aliphatic rings. The minimum Gasteiger partial charge on any atom is -0.452 e. The number of hydrogen-bond acceptors (Lipinski definition) is 3. The van der Waals surface area contributed by atoms with E-state index in [1.165, 1.54) is 17.2 Å². The minimum absolute atomic E-state index is 0.00477. The molecule has 1 aromatic carbocycles. The first kappa shape index (κ1) is 12.4. The molecule has 98 valence electrons. The molecule has 0 saturated heterocycles. The molecule has 3 nitrogen and oxygen atoms in total. The average molecular weight is 273 g/mol. The van der Waals surface area contributed by atoms with E-state index in [0.29, 0.717) is 0 Å². The summed E-state index contributed by atoms with van der Waals surface area (Å²) in [5.41, 5.74) is 2.53. The van der Waals surface area contributed by atoms with Crippen molar-refractivity contribution in [2.24, 2.45) is 0 Å². The molecule has 4 heteroatoms. The Morgan fingerprint density at radius 2 is 2.21 bits per heavy atom. The van der Waals surface area contributed by atoms with Crippen molar-refractivity contribution < 1.29 is 9.53 Å². The van der Waals surface area contributed by atoms with E-state index in [4.69, 9.17) is 17.0 Å². The van der Waals surface area contributed by atoms with Crippen molar-refractivity contribution in [1.82, 2.24) is 4.90 Å². The fourth-order valence-corrected chi connectivity index (χ4v) is 3.07. The Bertz CT molecular complexity index is 567. The van der Waals surface area contributed by atoms with Crippen LogP contribution >= 0.6 is 12.2 Å². The van der Waals surface area contributed by atoms with Gasteiger partial charge in [-0.1, -0.05) is 36.5 Å². The number of hydrogen-bond donors (Lipinski definition) is 0. The van der Waals surface area contributed by atoms with Crippen molar-refractivity contribution in [2.75, 3.05) is 6.54 Å². The lowest BCUT2D eigenvalue weighted by Gasteiger charge is -2.40. The molecular weight excluding hydrogens is 258 g/mol. The summed E-state index contributed by atoms with van der Waals surface area (Å²) in [7, 11) is 0. The van der Waals surface area contributed by atoms with Crippen LogP contribution in [0.2, 0.25) is 0 Å². The Morgan fingerprint density at radius 3 is 2.89 bits per heavy atom. The standard InChI is InChI=1S/C15H15NO2S/c1-10(19)16-9-8-11-4-2-3-5-12(11)15(16)13-6-7-14(17)18-13/h2-7,13,15H,8-9H2,1H3. The summed E-state index contributed by atoms with van der Waals surface area (Å²) >= 11 is 5.35. The second-order valence-electron chi connectivity index (χ2n) is 4.87. The number of rotatable bonds is 1. The quantitative estimate of drug-likeness (QED) is 0.580. The van der Waals surface area contributed by atoms with Gasteiger partial charge in [0, 0.05) is 12.6 Å². The third-order valence-electron chi connectivity index (χ3n) is 3.72. The number of benzene rings is 1. The van der Waals surface area contributed by atoms with Crippen molar-refractivity contribution in [3.63, 3.8) is 0 Å². The summed E-state index contributed by atoms with van der Waals surface area (Å²) < 4.78 is 5.39. The van der Waals surface area contributed by atoms with Crippen molar-refractivity contribution in [3.8, 4) is 0 Å². The van der Waals surface area contributed by atoms with Crippen molar-refractivity contribution in [3.05, 3.63) is 47.5 Å². The zero-order valence-corrected chi connectivity index (χ0v) is 11.5. The third-order valence-corrected chi connectivity index (χ3v) is 3.96. The van der Waals surface area contributed by atoms with Crippen LogP contribution in [-0.2, 0) is 16.0 Å². The van der Waals surface area contributed by atoms with E-state index in [2.05, 4.69) is 17.0 Å². The van der Waals surface area contributed by atoms with Gasteiger partial charge in [0.2, 0.25) is 0 Å². The van der Waals surface area contributed by atoms with Gasteiger partial charge in [-0.15, -0.1) is 0 Å². The van der Waals surface area contributed by atoms with E-state index in [9.17, 15) is 4.79 Å². The van der Waals surface area contributed by atoms with Gasteiger partial charge in [0.05, 0.1) is 11.0 Å². The highest BCUT2D eigenvalue weighted by atomic mass is 32.1. The Balaban J connectivity index is 2.02. The first-order valence-electron chi connectivity index (χ1n) is 6.40. The normalized spacial score (nSPS) is 25.1. The highest BCUT2D eigenvalue weighted by molar-refractivity contribution is 7.80. The molecule has 0 amide bonds. The number of ether oxygens (including phenoxy) is 1. The first-order valence-corrected chi connectivity index (χ1v) is 6.81. The third kappa shape index (κ3) is 2.16. The first-order chi connectivity index (χ1) is 9.16. The van der Waals surface area contributed by atoms with Crippen LogP contribution in [0.4, 0.5) is 0 Å². The van der Waals surface area contributed by atoms with E-state index in [1.54, 1.807) is 0 Å². The molecule has 0 aromatic heterocycles. The van der Waals surface area contributed by atoms with Gasteiger partial charge in [0.15, 0.2) is 0 Å². The molecule has 0 bridgehead atoms. The van der Waals surface area contributed by atoms with Gasteiger partial charge in [-0.3, -0.25) is 0 Å². The van der Waals surface area contributed by atoms with Gasteiger partial charge in [0.25, 0.3) is 0 Å². The summed E-state index contributed by atoms with van der Waals surface area (Å²) in [6.45, 7) is 2.80. The molecule has 0 fully saturated rings. The van der Waals surface area contributed by atoms with Gasteiger partial charge in [-0.2, -0.15) is 0 Å². The highest BCUT2D eigenvalue weighted by Gasteiger charge is 2.36. The largest absolute Gasteiger partial charge is 0.452 e. The minimum atomic E-state index is -0.268. The van der Waals surface area contributed by atoms with E-state index in [1.807, 2.05) is 25.1 Å². The predicted molar refractivity (Wildman–Crippen MR) is 76.9 cm³/mol. The number of carbonyl (C=O) groups is 1. The van der Waals surface area contributed by atoms with E-state index in [0.717, 1.165) is 18.0 Å². The van der Waals surface area contributed by atoms with Gasteiger partial charge >= 0.3 is 5.97 Å². The van der Waals surface area contributed by atoms with Crippen LogP contribution in [0, 0.1) is 0 Å². The summed E-state index contributed by atoms with van der Waals surface area (Å²) in [6, 6.07) is 8.31. The smallest absolute Gasteiger partial charge is 0.331 e. The number of esters is 1. The van der Waals surface area contributed by atoms with Crippen LogP contribution < -0.4 is 0 Å². The van der Waals surface area contributed by atoms with Crippen LogP contribution in [0.25, 0.3) is 0 Å². The molecule has 0 N–H and O–H groups in total. The van der Waals surface area contributed by atoms with Crippen LogP contribution in [0.5, 0.6) is 0 Å². The molecule has 0 saturated carbocycles. The average Bonchev–Trinajstić information content (AvgIpc) is 2.83. The zero-order valence-electron chi connectivity index (χ0n) is 10.7. The maximum atomic E-state index is 11.3. The number of carbonyl (C=O) groups excluding carboxylic acids is 1. The topological polar surface area (TPSA) is 29.5 Å². The van der Waals surface area contributed by atoms with Crippen LogP contribution in [-0.4, -0.2) is 28.5 Å². The van der Waals surface area contributed by atoms with Gasteiger partial charge < -0.3 is 9.64 Å². The van der Waals surface area contributed by atoms with Crippen molar-refractivity contribution >= 4 is 23.2 Å². The highest BCUT2D eigenvalue weighted by Crippen LogP contribution is 2.35. The van der Waals surface area contributed by atoms with Crippen LogP contribution in [0.3, 0.4) is 0 Å². The summed E-state index contributed by atoms with van der Waals surface area (Å²) in [4.78, 5) is 14.3. The van der Waals surface area contributed by atoms with Gasteiger partial charge in [0.1, 0.15) is 6.10 Å². The number of nitrogens with zero attached hydrogens (tertiary/aromatic N) is 1. The lowest BCUT2D eigenvalue weighted by molar-refractivity contribution is -0.140. The molecule has 2 aliphatic heterocycles. The fraction of sp³-hybridized carbons (Fsp3) is 0.333. The maximum absolute atomic E-state index is 11.3. The molecule has 0 aliphatic carbocycles. The van der Waals surface area contributed by atoms with E-state index < -0.39 is 0 Å². The Morgan fingerprint density at radius 1 is 1.42 bits per heavy atom. The fourth-order valence-electron chi connectivity index (χ4n) is 2.86. The lowest BCUT2D eigenvalue weighted by atomic mass is 9.89. The predicted octanol–water partition coefficient (Wildman–Crippen LogP) is 2.41. The molecule has 2 atom stereocenters. The van der Waals surface area contributed by atoms with Gasteiger partial charge in [-0.05, 0) is 30.5 Å². The molecule has 2 unspecified atom stereocenters. The van der Waals surface area contributed by atoms with E-state index >= 15 is 0 Å². The summed E-state index contributed by atoms with van der Waals surface area (Å²) in [5.74, 6) is -0.268. The van der Waals surface area contributed by atoms with Crippen molar-refractivity contribution in [1.29, 1.82) is 0 Å². The molecular formula is C15H15NO2S. The van der Waals surface area contributed by atoms with Crippen LogP contribution in [0.1, 0.15) is 24.1 Å². The Kier molecular flexibility index (Phi) is 3.11. The lowest BCUT2D eigenvalue weighted by Crippen LogP contribution is -2.43. The van der Waals surface area contributed by atoms with Gasteiger partial charge in [-0.25, -0.2) is 4.79 Å². The van der Waals surface area contributed by atoms with Crippen LogP contribution in [0.15, 0.2) is 36.4 Å². The maximum Gasteiger partial charge on any atom is 0.331 e. The number of fused-ring (bicyclic) bond motifs is 1. The summed E-state index contributed by atoms with van der Waals surface area (Å²) in [6.07, 6.45) is 4.07. The molecule has 1 aromatic rings. The Labute approximate surface area is 117 Å². The molecule has 2 heterocycles. The molecule has 0 spiro atoms. The molecule has 19 heavy (non-hydrogen) atoms. The monoisotopic (exact) mass is 273 g/mol. The Hall–Kier alpha value is -1.68. The number of cyclic esters (lactones) is 1. The second-order valence-corrected chi connectivity index (χ2v) is 5.46. The molecule has 3 rings (SSSR count). The SMILES string of the molecule is CC(=S)N1CCc2ccccc2C1C1C=CC(=O)O1. The van der Waals surface area contributed by atoms with E-state index in [-0.39, 0.29) is 18.1 Å². The molecule has 0 radical (unpaired) electrons. The zero-order chi connectivity index (χ0) is 13.4. The second kappa shape index (κ2) is 4.78. The summed E-state index contributed by atoms with van der Waals surface area (Å²) in [5, 5.41) is 0. The number of thiocarbonyl (C=S) groups is 1.